The summed E-state index contributed by atoms with van der Waals surface area (Å²) < 4.78 is 70.3. The van der Waals surface area contributed by atoms with Crippen LogP contribution in [0.1, 0.15) is 57.2 Å². The number of benzene rings is 1. The van der Waals surface area contributed by atoms with Gasteiger partial charge in [0, 0.05) is 36.1 Å². The van der Waals surface area contributed by atoms with Gasteiger partial charge in [0.25, 0.3) is 0 Å². The topological polar surface area (TPSA) is 188 Å². The summed E-state index contributed by atoms with van der Waals surface area (Å²) in [6.07, 6.45) is 0.161. The maximum atomic E-state index is 17.3. The zero-order valence-corrected chi connectivity index (χ0v) is 29.0. The smallest absolute Gasteiger partial charge is 0.412 e. The second-order valence-corrected chi connectivity index (χ2v) is 16.5. The molecule has 3 aliphatic rings. The molecule has 262 valence electrons. The highest BCUT2D eigenvalue weighted by Crippen LogP contribution is 2.48. The second kappa shape index (κ2) is 12.0. The number of nitriles is 1. The van der Waals surface area contributed by atoms with Crippen LogP contribution in [0.5, 0.6) is 0 Å². The van der Waals surface area contributed by atoms with E-state index in [-0.39, 0.29) is 92.8 Å². The van der Waals surface area contributed by atoms with Crippen molar-refractivity contribution in [3.8, 4) is 17.3 Å². The Hall–Kier alpha value is -4.73. The number of likely N-dealkylation sites (tertiary alicyclic amines) is 1. The van der Waals surface area contributed by atoms with Gasteiger partial charge in [0.15, 0.2) is 11.6 Å². The van der Waals surface area contributed by atoms with Crippen molar-refractivity contribution < 1.29 is 41.4 Å². The third kappa shape index (κ3) is 5.43. The number of pyridine rings is 1. The van der Waals surface area contributed by atoms with Crippen molar-refractivity contribution in [1.29, 1.82) is 5.26 Å². The molecule has 0 spiro atoms. The number of rotatable bonds is 5. The van der Waals surface area contributed by atoms with E-state index < -0.39 is 44.4 Å². The van der Waals surface area contributed by atoms with Gasteiger partial charge in [0.2, 0.25) is 15.0 Å². The maximum absolute atomic E-state index is 17.3. The number of piperazine rings is 1. The minimum absolute atomic E-state index is 0.0235. The van der Waals surface area contributed by atoms with Crippen molar-refractivity contribution in [1.82, 2.24) is 19.9 Å². The number of sulfone groups is 1. The number of anilines is 2. The average Bonchev–Trinajstić information content (AvgIpc) is 3.74. The van der Waals surface area contributed by atoms with E-state index in [2.05, 4.69) is 20.3 Å². The molecule has 6 heterocycles. The van der Waals surface area contributed by atoms with Gasteiger partial charge in [0.05, 0.1) is 46.5 Å². The van der Waals surface area contributed by atoms with Crippen molar-refractivity contribution in [3.63, 3.8) is 0 Å². The molecule has 7 rings (SSSR count). The van der Waals surface area contributed by atoms with Crippen LogP contribution in [0.4, 0.5) is 29.2 Å². The van der Waals surface area contributed by atoms with E-state index in [0.717, 1.165) is 17.5 Å². The molecule has 2 N–H and O–H groups in total. The van der Waals surface area contributed by atoms with Crippen LogP contribution < -0.4 is 10.2 Å². The molecule has 0 saturated carbocycles. The summed E-state index contributed by atoms with van der Waals surface area (Å²) in [5.74, 6) is -1.99. The number of ether oxygens (including phenoxy) is 2. The molecule has 2 unspecified atom stereocenters. The molecule has 3 aliphatic heterocycles. The van der Waals surface area contributed by atoms with Crippen molar-refractivity contribution >= 4 is 65.2 Å². The van der Waals surface area contributed by atoms with Crippen LogP contribution in [-0.4, -0.2) is 82.1 Å². The van der Waals surface area contributed by atoms with Crippen molar-refractivity contribution in [2.45, 2.75) is 76.6 Å². The number of carboxylic acid groups (broad SMARTS) is 1. The van der Waals surface area contributed by atoms with Crippen LogP contribution in [-0.2, 0) is 32.5 Å². The highest BCUT2D eigenvalue weighted by molar-refractivity contribution is 7.91. The Morgan fingerprint density at radius 2 is 1.84 bits per heavy atom. The number of fused-ring (bicyclic) bond motifs is 6. The summed E-state index contributed by atoms with van der Waals surface area (Å²) in [5.41, 5.74) is -0.850. The van der Waals surface area contributed by atoms with Gasteiger partial charge in [0.1, 0.15) is 28.0 Å². The first-order valence-electron chi connectivity index (χ1n) is 15.8. The van der Waals surface area contributed by atoms with Gasteiger partial charge in [-0.15, -0.1) is 11.3 Å². The zero-order valence-electron chi connectivity index (χ0n) is 27.3. The largest absolute Gasteiger partial charge is 0.465 e. The fourth-order valence-electron chi connectivity index (χ4n) is 6.95. The van der Waals surface area contributed by atoms with Gasteiger partial charge in [-0.1, -0.05) is 6.92 Å². The number of amides is 2. The van der Waals surface area contributed by atoms with Gasteiger partial charge >= 0.3 is 12.2 Å². The predicted octanol–water partition coefficient (Wildman–Crippen LogP) is 5.56. The Bertz CT molecular complexity index is 2270. The average molecular weight is 728 g/mol. The van der Waals surface area contributed by atoms with Crippen LogP contribution in [0.2, 0.25) is 0 Å². The molecule has 0 radical (unpaired) electrons. The fraction of sp³-hybridized carbons (Fsp3) is 0.438. The first-order valence-corrected chi connectivity index (χ1v) is 18.2. The standard InChI is InChI=1S/C32H31F2N7O7S2/c1-5-50(45,46)29-37-25-22(27(38-29)41-14-6-7-15(41)11-40(10-14)31(43)44)18-13-47-12-17(18)20(23(25)34)24-21-16(8-35)28(39-30(42)48-32(2,3)4)49-26(21)19(33)9-36-24/h9,14-15H,5-7,10-13H2,1-4H3,(H,39,42)(H,43,44). The summed E-state index contributed by atoms with van der Waals surface area (Å²) in [4.78, 5) is 40.7. The van der Waals surface area contributed by atoms with Crippen LogP contribution in [0.15, 0.2) is 11.4 Å². The monoisotopic (exact) mass is 727 g/mol. The number of halogens is 2. The van der Waals surface area contributed by atoms with Crippen LogP contribution in [0, 0.1) is 23.0 Å². The molecular formula is C32H31F2N7O7S2. The first-order chi connectivity index (χ1) is 23.6. The minimum atomic E-state index is -4.08. The highest BCUT2D eigenvalue weighted by atomic mass is 32.2. The number of carbonyl (C=O) groups excluding carboxylic acids is 1. The van der Waals surface area contributed by atoms with Crippen molar-refractivity contribution in [2.75, 3.05) is 29.1 Å². The third-order valence-electron chi connectivity index (χ3n) is 9.04. The summed E-state index contributed by atoms with van der Waals surface area (Å²) in [6, 6.07) is 1.29. The van der Waals surface area contributed by atoms with E-state index in [9.17, 15) is 28.4 Å². The molecule has 1 aromatic carbocycles. The van der Waals surface area contributed by atoms with Crippen molar-refractivity contribution in [3.05, 3.63) is 34.5 Å². The lowest BCUT2D eigenvalue weighted by Crippen LogP contribution is -2.55. The number of carbonyl (C=O) groups is 2. The van der Waals surface area contributed by atoms with Crippen LogP contribution in [0.25, 0.3) is 32.2 Å². The van der Waals surface area contributed by atoms with E-state index in [1.165, 1.54) is 11.8 Å². The third-order valence-corrected chi connectivity index (χ3v) is 11.7. The SMILES string of the molecule is CCS(=O)(=O)c1nc(N2C3CCC2CN(C(=O)O)C3)c2c3c(c(-c4ncc(F)c5sc(NC(=O)OC(C)(C)C)c(C#N)c45)c(F)c2n1)COC3. The molecule has 0 aliphatic carbocycles. The Morgan fingerprint density at radius 3 is 2.46 bits per heavy atom. The molecular weight excluding hydrogens is 697 g/mol. The summed E-state index contributed by atoms with van der Waals surface area (Å²) in [6.45, 7) is 6.56. The zero-order chi connectivity index (χ0) is 35.9. The normalized spacial score (nSPS) is 18.8. The lowest BCUT2D eigenvalue weighted by Gasteiger charge is -2.41. The lowest BCUT2D eigenvalue weighted by molar-refractivity contribution is 0.0636. The van der Waals surface area contributed by atoms with E-state index in [4.69, 9.17) is 9.47 Å². The van der Waals surface area contributed by atoms with E-state index in [1.807, 2.05) is 11.0 Å². The van der Waals surface area contributed by atoms with E-state index >= 15 is 8.78 Å². The van der Waals surface area contributed by atoms with E-state index in [0.29, 0.717) is 24.0 Å². The fourth-order valence-corrected chi connectivity index (χ4v) is 8.70. The van der Waals surface area contributed by atoms with Crippen LogP contribution >= 0.6 is 11.3 Å². The van der Waals surface area contributed by atoms with Gasteiger partial charge in [-0.05, 0) is 44.7 Å². The maximum Gasteiger partial charge on any atom is 0.412 e. The summed E-state index contributed by atoms with van der Waals surface area (Å²) in [7, 11) is -4.08. The Labute approximate surface area is 288 Å². The molecule has 14 nitrogen and oxygen atoms in total. The highest BCUT2D eigenvalue weighted by Gasteiger charge is 2.44. The quantitative estimate of drug-likeness (QED) is 0.244. The molecule has 2 saturated heterocycles. The Morgan fingerprint density at radius 1 is 1.16 bits per heavy atom. The molecule has 50 heavy (non-hydrogen) atoms. The van der Waals surface area contributed by atoms with Gasteiger partial charge in [-0.25, -0.2) is 36.8 Å². The van der Waals surface area contributed by atoms with Gasteiger partial charge in [-0.3, -0.25) is 10.3 Å². The molecule has 2 bridgehead atoms. The molecule has 2 fully saturated rings. The Kier molecular flexibility index (Phi) is 8.07. The summed E-state index contributed by atoms with van der Waals surface area (Å²) >= 11 is 0.760. The minimum Gasteiger partial charge on any atom is -0.465 e. The van der Waals surface area contributed by atoms with Gasteiger partial charge in [-0.2, -0.15) is 5.26 Å². The predicted molar refractivity (Wildman–Crippen MR) is 178 cm³/mol. The van der Waals surface area contributed by atoms with E-state index in [1.54, 1.807) is 20.8 Å². The first kappa shape index (κ1) is 33.8. The molecule has 2 amide bonds. The van der Waals surface area contributed by atoms with Gasteiger partial charge < -0.3 is 24.4 Å². The summed E-state index contributed by atoms with van der Waals surface area (Å²) in [5, 5.41) is 22.0. The second-order valence-electron chi connectivity index (χ2n) is 13.3. The van der Waals surface area contributed by atoms with Crippen molar-refractivity contribution in [2.24, 2.45) is 0 Å². The molecule has 3 aromatic heterocycles. The molecule has 18 heteroatoms. The number of nitrogens with zero attached hydrogens (tertiary/aromatic N) is 6. The number of aromatic nitrogens is 3. The number of hydrogen-bond donors (Lipinski definition) is 2. The number of thiophene rings is 1. The Balaban J connectivity index is 1.49. The number of nitrogens with one attached hydrogen (secondary N) is 1. The molecule has 2 atom stereocenters. The lowest BCUT2D eigenvalue weighted by atomic mass is 9.93. The molecule has 4 aromatic rings. The number of hydrogen-bond acceptors (Lipinski definition) is 12. The van der Waals surface area contributed by atoms with Crippen LogP contribution in [0.3, 0.4) is 0 Å².